The number of unbranched alkanes of at least 4 members (excludes halogenated alkanes) is 6. The van der Waals surface area contributed by atoms with Gasteiger partial charge in [-0.05, 0) is 104 Å². The van der Waals surface area contributed by atoms with E-state index in [1.807, 2.05) is 0 Å². The molecule has 5 atom stereocenters. The van der Waals surface area contributed by atoms with Gasteiger partial charge in [-0.2, -0.15) is 0 Å². The third-order valence-electron chi connectivity index (χ3n) is 11.9. The molecule has 2 fully saturated rings. The molecule has 1 amide bonds. The summed E-state index contributed by atoms with van der Waals surface area (Å²) in [6.07, 6.45) is 18.3. The summed E-state index contributed by atoms with van der Waals surface area (Å²) in [5.74, 6) is 2.39. The number of amides is 1. The second-order valence-corrected chi connectivity index (χ2v) is 20.4. The summed E-state index contributed by atoms with van der Waals surface area (Å²) < 4.78 is 12.3. The van der Waals surface area contributed by atoms with Crippen molar-refractivity contribution in [3.8, 4) is 0 Å². The largest absolute Gasteiger partial charge is 0.412 e. The van der Waals surface area contributed by atoms with Gasteiger partial charge < -0.3 is 14.5 Å². The lowest BCUT2D eigenvalue weighted by Gasteiger charge is -2.63. The fraction of sp³-hybridized carbons (Fsp3) is 0.921. The standard InChI is InChI=1S/C38H70NO3Si/c1-28(2)43(36(4,5)6)42-34-24-25-38(9)32-21-18-29(3)30(31(32)19-22-33(38)37(34,7)8)20-23-35(40)39-26-16-14-12-11-13-15-17-27-41-10/h28,31-34H,11-27H2,1-10H3,(H,39,40)/t31?,32-,33?,34?,38+/m0/s1. The van der Waals surface area contributed by atoms with Crippen molar-refractivity contribution in [2.75, 3.05) is 20.3 Å². The van der Waals surface area contributed by atoms with Crippen molar-refractivity contribution in [1.82, 2.24) is 5.32 Å². The molecule has 2 saturated carbocycles. The van der Waals surface area contributed by atoms with Gasteiger partial charge >= 0.3 is 0 Å². The lowest BCUT2D eigenvalue weighted by molar-refractivity contribution is -0.144. The maximum atomic E-state index is 12.8. The van der Waals surface area contributed by atoms with Crippen molar-refractivity contribution >= 4 is 14.9 Å². The molecule has 3 unspecified atom stereocenters. The molecular formula is C38H70NO3Si. The van der Waals surface area contributed by atoms with Gasteiger partial charge in [0.1, 0.15) is 0 Å². The number of rotatable bonds is 16. The third kappa shape index (κ3) is 9.44. The second-order valence-electron chi connectivity index (χ2n) is 16.7. The topological polar surface area (TPSA) is 47.6 Å². The zero-order chi connectivity index (χ0) is 31.8. The van der Waals surface area contributed by atoms with Gasteiger partial charge in [-0.25, -0.2) is 0 Å². The fourth-order valence-electron chi connectivity index (χ4n) is 9.77. The monoisotopic (exact) mass is 617 g/mol. The first kappa shape index (κ1) is 36.8. The Morgan fingerprint density at radius 3 is 2.26 bits per heavy atom. The molecule has 249 valence electrons. The van der Waals surface area contributed by atoms with E-state index in [0.29, 0.717) is 35.3 Å². The minimum atomic E-state index is -0.923. The summed E-state index contributed by atoms with van der Waals surface area (Å²) in [5.41, 5.74) is 4.43. The van der Waals surface area contributed by atoms with Crippen LogP contribution in [0.3, 0.4) is 0 Å². The molecular weight excluding hydrogens is 547 g/mol. The Bertz CT molecular complexity index is 905. The van der Waals surface area contributed by atoms with Crippen molar-refractivity contribution in [2.45, 2.75) is 175 Å². The minimum absolute atomic E-state index is 0.203. The highest BCUT2D eigenvalue weighted by Gasteiger charge is 2.59. The maximum Gasteiger partial charge on any atom is 0.220 e. The quantitative estimate of drug-likeness (QED) is 0.107. The minimum Gasteiger partial charge on any atom is -0.412 e. The molecule has 0 heterocycles. The van der Waals surface area contributed by atoms with Crippen molar-refractivity contribution in [3.05, 3.63) is 11.1 Å². The molecule has 5 heteroatoms. The van der Waals surface area contributed by atoms with Crippen molar-refractivity contribution in [2.24, 2.45) is 28.6 Å². The van der Waals surface area contributed by atoms with E-state index in [4.69, 9.17) is 9.16 Å². The molecule has 3 aliphatic carbocycles. The summed E-state index contributed by atoms with van der Waals surface area (Å²) in [5, 5.41) is 3.49. The third-order valence-corrected chi connectivity index (χ3v) is 15.0. The maximum absolute atomic E-state index is 12.8. The zero-order valence-corrected chi connectivity index (χ0v) is 31.1. The molecule has 3 aliphatic rings. The van der Waals surface area contributed by atoms with Crippen LogP contribution in [0.1, 0.15) is 159 Å². The van der Waals surface area contributed by atoms with Crippen LogP contribution >= 0.6 is 0 Å². The molecule has 0 bridgehead atoms. The number of carbonyl (C=O) groups excluding carboxylic acids is 1. The lowest BCUT2D eigenvalue weighted by Crippen LogP contribution is -2.58. The average Bonchev–Trinajstić information content (AvgIpc) is 2.91. The average molecular weight is 617 g/mol. The van der Waals surface area contributed by atoms with Crippen LogP contribution in [-0.4, -0.2) is 41.3 Å². The van der Waals surface area contributed by atoms with Gasteiger partial charge in [-0.1, -0.05) is 98.6 Å². The Morgan fingerprint density at radius 2 is 1.63 bits per heavy atom. The van der Waals surface area contributed by atoms with Crippen LogP contribution in [0.4, 0.5) is 0 Å². The molecule has 0 aromatic carbocycles. The summed E-state index contributed by atoms with van der Waals surface area (Å²) in [6, 6.07) is 0. The Balaban J connectivity index is 1.52. The number of allylic oxidation sites excluding steroid dienone is 2. The van der Waals surface area contributed by atoms with Crippen LogP contribution in [-0.2, 0) is 14.0 Å². The molecule has 1 radical (unpaired) electrons. The van der Waals surface area contributed by atoms with Crippen LogP contribution in [0, 0.1) is 28.6 Å². The molecule has 3 rings (SSSR count). The first-order chi connectivity index (χ1) is 20.2. The Kier molecular flexibility index (Phi) is 13.9. The zero-order valence-electron chi connectivity index (χ0n) is 30.1. The highest BCUT2D eigenvalue weighted by atomic mass is 28.3. The van der Waals surface area contributed by atoms with Crippen LogP contribution in [0.2, 0.25) is 10.6 Å². The van der Waals surface area contributed by atoms with E-state index in [2.05, 4.69) is 67.6 Å². The molecule has 0 aliphatic heterocycles. The van der Waals surface area contributed by atoms with Gasteiger partial charge in [0.2, 0.25) is 14.9 Å². The summed E-state index contributed by atoms with van der Waals surface area (Å²) >= 11 is 0. The summed E-state index contributed by atoms with van der Waals surface area (Å²) in [7, 11) is 0.857. The molecule has 4 nitrogen and oxygen atoms in total. The van der Waals surface area contributed by atoms with E-state index in [-0.39, 0.29) is 16.4 Å². The number of carbonyl (C=O) groups is 1. The molecule has 0 spiro atoms. The van der Waals surface area contributed by atoms with Gasteiger partial charge in [0, 0.05) is 26.7 Å². The first-order valence-corrected chi connectivity index (χ1v) is 19.7. The van der Waals surface area contributed by atoms with Crippen LogP contribution < -0.4 is 5.32 Å². The molecule has 1 N–H and O–H groups in total. The summed E-state index contributed by atoms with van der Waals surface area (Å²) in [4.78, 5) is 12.8. The van der Waals surface area contributed by atoms with Gasteiger partial charge in [0.05, 0.1) is 6.10 Å². The number of hydrogen-bond acceptors (Lipinski definition) is 3. The van der Waals surface area contributed by atoms with Crippen LogP contribution in [0.15, 0.2) is 11.1 Å². The van der Waals surface area contributed by atoms with Crippen LogP contribution in [0.25, 0.3) is 0 Å². The number of methoxy groups -OCH3 is 1. The van der Waals surface area contributed by atoms with E-state index >= 15 is 0 Å². The Labute approximate surface area is 269 Å². The fourth-order valence-corrected chi connectivity index (χ4v) is 12.9. The number of hydrogen-bond donors (Lipinski definition) is 1. The van der Waals surface area contributed by atoms with E-state index < -0.39 is 9.04 Å². The molecule has 0 aromatic heterocycles. The normalized spacial score (nSPS) is 29.1. The van der Waals surface area contributed by atoms with E-state index in [1.165, 1.54) is 77.0 Å². The van der Waals surface area contributed by atoms with E-state index in [9.17, 15) is 4.79 Å². The predicted octanol–water partition coefficient (Wildman–Crippen LogP) is 10.4. The van der Waals surface area contributed by atoms with Gasteiger partial charge in [-0.3, -0.25) is 4.79 Å². The lowest BCUT2D eigenvalue weighted by atomic mass is 9.43. The van der Waals surface area contributed by atoms with Crippen molar-refractivity contribution < 1.29 is 14.0 Å². The highest BCUT2D eigenvalue weighted by Crippen LogP contribution is 2.65. The van der Waals surface area contributed by atoms with Gasteiger partial charge in [0.25, 0.3) is 0 Å². The SMILES string of the molecule is COCCCCCCCCCNC(=O)CCC1=C(C)CC[C@H]2C1CCC1C(C)(C)C(O[Si](C(C)C)C(C)(C)C)CC[C@@]12C. The van der Waals surface area contributed by atoms with E-state index in [1.54, 1.807) is 18.3 Å². The van der Waals surface area contributed by atoms with Gasteiger partial charge in [0.15, 0.2) is 0 Å². The number of fused-ring (bicyclic) bond motifs is 3. The highest BCUT2D eigenvalue weighted by molar-refractivity contribution is 6.56. The Hall–Kier alpha value is -0.653. The number of nitrogens with one attached hydrogen (secondary N) is 1. The smallest absolute Gasteiger partial charge is 0.220 e. The van der Waals surface area contributed by atoms with Gasteiger partial charge in [-0.15, -0.1) is 0 Å². The van der Waals surface area contributed by atoms with E-state index in [0.717, 1.165) is 31.9 Å². The molecule has 0 aromatic rings. The summed E-state index contributed by atoms with van der Waals surface area (Å²) in [6.45, 7) is 23.7. The second kappa shape index (κ2) is 16.3. The number of ether oxygens (including phenoxy) is 1. The van der Waals surface area contributed by atoms with Crippen LogP contribution in [0.5, 0.6) is 0 Å². The Morgan fingerprint density at radius 1 is 0.977 bits per heavy atom. The molecule has 0 saturated heterocycles. The first-order valence-electron chi connectivity index (χ1n) is 18.2. The predicted molar refractivity (Wildman–Crippen MR) is 185 cm³/mol. The van der Waals surface area contributed by atoms with Crippen molar-refractivity contribution in [3.63, 3.8) is 0 Å². The van der Waals surface area contributed by atoms with Crippen molar-refractivity contribution in [1.29, 1.82) is 0 Å². The molecule has 43 heavy (non-hydrogen) atoms.